The Hall–Kier alpha value is -1.29. The van der Waals surface area contributed by atoms with Crippen molar-refractivity contribution >= 4 is 28.0 Å². The Morgan fingerprint density at radius 2 is 2.29 bits per heavy atom. The second-order valence-electron chi connectivity index (χ2n) is 5.53. The molecule has 0 radical (unpaired) electrons. The van der Waals surface area contributed by atoms with Gasteiger partial charge in [-0.25, -0.2) is 4.79 Å². The highest BCUT2D eigenvalue weighted by Gasteiger charge is 2.22. The third-order valence-electron chi connectivity index (χ3n) is 3.98. The minimum atomic E-state index is -0.954. The van der Waals surface area contributed by atoms with E-state index in [1.165, 1.54) is 19.3 Å². The van der Waals surface area contributed by atoms with Crippen LogP contribution in [0, 0.1) is 5.92 Å². The Labute approximate surface area is 134 Å². The molecule has 1 aromatic rings. The second kappa shape index (κ2) is 7.64. The van der Waals surface area contributed by atoms with E-state index < -0.39 is 5.97 Å². The van der Waals surface area contributed by atoms with Crippen LogP contribution in [0.3, 0.4) is 0 Å². The van der Waals surface area contributed by atoms with Crippen LogP contribution in [0.1, 0.15) is 44.6 Å². The van der Waals surface area contributed by atoms with E-state index in [4.69, 9.17) is 9.84 Å². The molecule has 1 aliphatic rings. The van der Waals surface area contributed by atoms with Crippen LogP contribution in [0.15, 0.2) is 28.7 Å². The summed E-state index contributed by atoms with van der Waals surface area (Å²) in [6, 6.07) is 5.71. The molecule has 0 aromatic heterocycles. The fourth-order valence-corrected chi connectivity index (χ4v) is 3.20. The number of rotatable bonds is 5. The first-order valence-corrected chi connectivity index (χ1v) is 8.25. The van der Waals surface area contributed by atoms with E-state index in [9.17, 15) is 4.79 Å². The summed E-state index contributed by atoms with van der Waals surface area (Å²) < 4.78 is 7.05. The van der Waals surface area contributed by atoms with Crippen LogP contribution in [-0.4, -0.2) is 17.2 Å². The van der Waals surface area contributed by atoms with Crippen molar-refractivity contribution in [1.29, 1.82) is 0 Å². The molecule has 0 bridgehead atoms. The predicted molar refractivity (Wildman–Crippen MR) is 87.5 cm³/mol. The lowest BCUT2D eigenvalue weighted by Crippen LogP contribution is -2.25. The van der Waals surface area contributed by atoms with Gasteiger partial charge in [-0.15, -0.1) is 0 Å². The average Bonchev–Trinajstić information content (AvgIpc) is 2.47. The predicted octanol–water partition coefficient (Wildman–Crippen LogP) is 4.89. The van der Waals surface area contributed by atoms with Gasteiger partial charge in [-0.1, -0.05) is 35.7 Å². The van der Waals surface area contributed by atoms with Crippen LogP contribution in [0.4, 0.5) is 0 Å². The molecule has 0 spiro atoms. The molecule has 114 valence electrons. The number of hydrogen-bond donors (Lipinski definition) is 1. The molecule has 4 heteroatoms. The van der Waals surface area contributed by atoms with Crippen LogP contribution >= 0.6 is 15.9 Å². The van der Waals surface area contributed by atoms with Gasteiger partial charge in [0.1, 0.15) is 5.75 Å². The summed E-state index contributed by atoms with van der Waals surface area (Å²) in [5, 5.41) is 8.78. The molecule has 0 saturated heterocycles. The average molecular weight is 353 g/mol. The molecule has 21 heavy (non-hydrogen) atoms. The molecule has 0 aliphatic heterocycles. The Morgan fingerprint density at radius 1 is 1.48 bits per heavy atom. The Bertz CT molecular complexity index is 525. The topological polar surface area (TPSA) is 46.5 Å². The largest absolute Gasteiger partial charge is 0.490 e. The van der Waals surface area contributed by atoms with Gasteiger partial charge in [-0.2, -0.15) is 0 Å². The summed E-state index contributed by atoms with van der Waals surface area (Å²) in [5.74, 6) is 0.555. The number of halogens is 1. The summed E-state index contributed by atoms with van der Waals surface area (Å²) in [6.07, 6.45) is 8.84. The number of benzene rings is 1. The lowest BCUT2D eigenvalue weighted by atomic mass is 9.85. The molecule has 1 aromatic carbocycles. The monoisotopic (exact) mass is 352 g/mol. The number of carboxylic acids is 1. The second-order valence-corrected chi connectivity index (χ2v) is 6.45. The number of aliphatic carboxylic acids is 1. The fourth-order valence-electron chi connectivity index (χ4n) is 2.82. The van der Waals surface area contributed by atoms with Crippen molar-refractivity contribution in [3.8, 4) is 5.75 Å². The molecule has 2 unspecified atom stereocenters. The van der Waals surface area contributed by atoms with E-state index in [0.717, 1.165) is 40.6 Å². The van der Waals surface area contributed by atoms with Crippen molar-refractivity contribution in [3.63, 3.8) is 0 Å². The molecule has 0 heterocycles. The van der Waals surface area contributed by atoms with Gasteiger partial charge in [0.15, 0.2) is 0 Å². The molecule has 1 saturated carbocycles. The van der Waals surface area contributed by atoms with Crippen molar-refractivity contribution in [2.45, 2.75) is 45.1 Å². The van der Waals surface area contributed by atoms with E-state index in [1.54, 1.807) is 6.08 Å². The molecule has 0 amide bonds. The van der Waals surface area contributed by atoms with E-state index in [-0.39, 0.29) is 6.10 Å². The SMILES string of the molecule is CCC1CCCC(Oc2ccc(Br)cc2C=CC(=O)O)C1. The van der Waals surface area contributed by atoms with Crippen LogP contribution in [0.5, 0.6) is 5.75 Å². The zero-order valence-electron chi connectivity index (χ0n) is 12.2. The van der Waals surface area contributed by atoms with Gasteiger partial charge < -0.3 is 9.84 Å². The smallest absolute Gasteiger partial charge is 0.328 e. The third kappa shape index (κ3) is 4.88. The van der Waals surface area contributed by atoms with Gasteiger partial charge >= 0.3 is 5.97 Å². The van der Waals surface area contributed by atoms with E-state index in [0.29, 0.717) is 0 Å². The van der Waals surface area contributed by atoms with Crippen molar-refractivity contribution in [2.24, 2.45) is 5.92 Å². The number of carboxylic acid groups (broad SMARTS) is 1. The van der Waals surface area contributed by atoms with Gasteiger partial charge in [0, 0.05) is 16.1 Å². The van der Waals surface area contributed by atoms with Crippen molar-refractivity contribution < 1.29 is 14.6 Å². The van der Waals surface area contributed by atoms with Crippen molar-refractivity contribution in [3.05, 3.63) is 34.3 Å². The first-order valence-electron chi connectivity index (χ1n) is 7.45. The van der Waals surface area contributed by atoms with Gasteiger partial charge in [0.05, 0.1) is 6.10 Å². The quantitative estimate of drug-likeness (QED) is 0.767. The van der Waals surface area contributed by atoms with E-state index in [2.05, 4.69) is 22.9 Å². The van der Waals surface area contributed by atoms with E-state index >= 15 is 0 Å². The van der Waals surface area contributed by atoms with Gasteiger partial charge in [0.2, 0.25) is 0 Å². The summed E-state index contributed by atoms with van der Waals surface area (Å²) in [6.45, 7) is 2.23. The van der Waals surface area contributed by atoms with Crippen molar-refractivity contribution in [1.82, 2.24) is 0 Å². The maximum absolute atomic E-state index is 10.7. The lowest BCUT2D eigenvalue weighted by Gasteiger charge is -2.29. The Balaban J connectivity index is 2.13. The Kier molecular flexibility index (Phi) is 5.85. The summed E-state index contributed by atoms with van der Waals surface area (Å²) >= 11 is 3.41. The summed E-state index contributed by atoms with van der Waals surface area (Å²) in [4.78, 5) is 10.7. The van der Waals surface area contributed by atoms with Gasteiger partial charge in [-0.3, -0.25) is 0 Å². The van der Waals surface area contributed by atoms with Crippen molar-refractivity contribution in [2.75, 3.05) is 0 Å². The number of ether oxygens (including phenoxy) is 1. The van der Waals surface area contributed by atoms with Crippen LogP contribution < -0.4 is 4.74 Å². The molecule has 1 aliphatic carbocycles. The van der Waals surface area contributed by atoms with Gasteiger partial charge in [0.25, 0.3) is 0 Å². The maximum atomic E-state index is 10.7. The molecular formula is C17H21BrO3. The number of carbonyl (C=O) groups is 1. The van der Waals surface area contributed by atoms with Gasteiger partial charge in [-0.05, 0) is 49.5 Å². The molecule has 1 fully saturated rings. The highest BCUT2D eigenvalue weighted by molar-refractivity contribution is 9.10. The molecule has 2 rings (SSSR count). The maximum Gasteiger partial charge on any atom is 0.328 e. The highest BCUT2D eigenvalue weighted by Crippen LogP contribution is 2.32. The standard InChI is InChI=1S/C17H21BrO3/c1-2-12-4-3-5-15(10-12)21-16-8-7-14(18)11-13(16)6-9-17(19)20/h6-9,11-12,15H,2-5,10H2,1H3,(H,19,20). The minimum absolute atomic E-state index is 0.238. The molecule has 1 N–H and O–H groups in total. The summed E-state index contributed by atoms with van der Waals surface area (Å²) in [5.41, 5.74) is 0.797. The molecule has 2 atom stereocenters. The molecular weight excluding hydrogens is 332 g/mol. The first kappa shape index (κ1) is 16.1. The van der Waals surface area contributed by atoms with Crippen LogP contribution in [0.25, 0.3) is 6.08 Å². The minimum Gasteiger partial charge on any atom is -0.490 e. The van der Waals surface area contributed by atoms with Crippen LogP contribution in [-0.2, 0) is 4.79 Å². The lowest BCUT2D eigenvalue weighted by molar-refractivity contribution is -0.131. The third-order valence-corrected chi connectivity index (χ3v) is 4.48. The fraction of sp³-hybridized carbons (Fsp3) is 0.471. The Morgan fingerprint density at radius 3 is 3.00 bits per heavy atom. The summed E-state index contributed by atoms with van der Waals surface area (Å²) in [7, 11) is 0. The first-order chi connectivity index (χ1) is 10.1. The zero-order chi connectivity index (χ0) is 15.2. The molecule has 3 nitrogen and oxygen atoms in total. The van der Waals surface area contributed by atoms with E-state index in [1.807, 2.05) is 18.2 Å². The van der Waals surface area contributed by atoms with Crippen LogP contribution in [0.2, 0.25) is 0 Å². The zero-order valence-corrected chi connectivity index (χ0v) is 13.8. The number of hydrogen-bond acceptors (Lipinski definition) is 2. The normalized spacial score (nSPS) is 22.4. The highest BCUT2D eigenvalue weighted by atomic mass is 79.9.